The van der Waals surface area contributed by atoms with Crippen molar-refractivity contribution < 1.29 is 14.0 Å². The van der Waals surface area contributed by atoms with Gasteiger partial charge in [-0.3, -0.25) is 9.59 Å². The van der Waals surface area contributed by atoms with E-state index in [1.54, 1.807) is 0 Å². The Morgan fingerprint density at radius 1 is 1.04 bits per heavy atom. The van der Waals surface area contributed by atoms with Crippen LogP contribution in [-0.4, -0.2) is 11.8 Å². The topological polar surface area (TPSA) is 58.2 Å². The number of benzene rings is 2. The van der Waals surface area contributed by atoms with E-state index in [4.69, 9.17) is 11.6 Å². The maximum Gasteiger partial charge on any atom is 0.233 e. The first-order chi connectivity index (χ1) is 10.9. The van der Waals surface area contributed by atoms with Gasteiger partial charge in [0.1, 0.15) is 12.2 Å². The molecule has 2 amide bonds. The van der Waals surface area contributed by atoms with E-state index in [0.29, 0.717) is 11.4 Å². The third-order valence-electron chi connectivity index (χ3n) is 3.27. The van der Waals surface area contributed by atoms with Crippen LogP contribution in [0.3, 0.4) is 0 Å². The van der Waals surface area contributed by atoms with Crippen molar-refractivity contribution in [1.29, 1.82) is 0 Å². The van der Waals surface area contributed by atoms with Gasteiger partial charge in [0.2, 0.25) is 11.8 Å². The van der Waals surface area contributed by atoms with E-state index in [9.17, 15) is 14.0 Å². The molecule has 0 saturated carbocycles. The molecular formula is C17H16ClFN2O2. The Morgan fingerprint density at radius 3 is 2.26 bits per heavy atom. The van der Waals surface area contributed by atoms with Crippen molar-refractivity contribution in [2.75, 3.05) is 10.6 Å². The summed E-state index contributed by atoms with van der Waals surface area (Å²) in [4.78, 5) is 23.9. The zero-order chi connectivity index (χ0) is 17.0. The maximum atomic E-state index is 13.1. The molecule has 4 nitrogen and oxygen atoms in total. The number of carbonyl (C=O) groups is 2. The molecule has 0 aliphatic carbocycles. The monoisotopic (exact) mass is 334 g/mol. The van der Waals surface area contributed by atoms with Crippen LogP contribution in [0.4, 0.5) is 15.8 Å². The predicted molar refractivity (Wildman–Crippen MR) is 89.2 cm³/mol. The number of anilines is 2. The van der Waals surface area contributed by atoms with E-state index >= 15 is 0 Å². The third-order valence-corrected chi connectivity index (χ3v) is 3.56. The fourth-order valence-electron chi connectivity index (χ4n) is 2.12. The lowest BCUT2D eigenvalue weighted by molar-refractivity contribution is -0.123. The number of amides is 2. The molecule has 120 valence electrons. The first-order valence-electron chi connectivity index (χ1n) is 6.98. The minimum atomic E-state index is -0.572. The fourth-order valence-corrected chi connectivity index (χ4v) is 2.30. The number of para-hydroxylation sites is 1. The van der Waals surface area contributed by atoms with E-state index in [1.807, 2.05) is 32.0 Å². The lowest BCUT2D eigenvalue weighted by Gasteiger charge is -2.11. The van der Waals surface area contributed by atoms with Gasteiger partial charge in [-0.2, -0.15) is 0 Å². The summed E-state index contributed by atoms with van der Waals surface area (Å²) in [5.74, 6) is -1.50. The number of aryl methyl sites for hydroxylation is 2. The number of rotatable bonds is 4. The highest BCUT2D eigenvalue weighted by Crippen LogP contribution is 2.21. The largest absolute Gasteiger partial charge is 0.326 e. The van der Waals surface area contributed by atoms with Crippen LogP contribution in [0.5, 0.6) is 0 Å². The molecule has 0 aliphatic rings. The number of carbonyl (C=O) groups excluding carboxylic acids is 2. The molecule has 0 bridgehead atoms. The van der Waals surface area contributed by atoms with Gasteiger partial charge in [-0.25, -0.2) is 4.39 Å². The molecule has 0 unspecified atom stereocenters. The first-order valence-corrected chi connectivity index (χ1v) is 7.35. The lowest BCUT2D eigenvalue weighted by Crippen LogP contribution is -2.22. The molecule has 6 heteroatoms. The molecule has 0 heterocycles. The number of nitrogens with one attached hydrogen (secondary N) is 2. The summed E-state index contributed by atoms with van der Waals surface area (Å²) in [5.41, 5.74) is 2.88. The van der Waals surface area contributed by atoms with E-state index < -0.39 is 17.6 Å². The highest BCUT2D eigenvalue weighted by atomic mass is 35.5. The quantitative estimate of drug-likeness (QED) is 0.828. The predicted octanol–water partition coefficient (Wildman–Crippen LogP) is 4.06. The normalized spacial score (nSPS) is 10.3. The molecule has 0 radical (unpaired) electrons. The molecule has 0 aromatic heterocycles. The molecule has 2 aromatic rings. The number of hydrogen-bond acceptors (Lipinski definition) is 2. The summed E-state index contributed by atoms with van der Waals surface area (Å²) in [7, 11) is 0. The molecular weight excluding hydrogens is 319 g/mol. The zero-order valence-corrected chi connectivity index (χ0v) is 13.5. The van der Waals surface area contributed by atoms with Crippen LogP contribution in [0.1, 0.15) is 17.5 Å². The van der Waals surface area contributed by atoms with Crippen molar-refractivity contribution in [3.63, 3.8) is 0 Å². The van der Waals surface area contributed by atoms with Crippen LogP contribution < -0.4 is 10.6 Å². The van der Waals surface area contributed by atoms with Crippen molar-refractivity contribution in [1.82, 2.24) is 0 Å². The van der Waals surface area contributed by atoms with Crippen molar-refractivity contribution in [2.24, 2.45) is 0 Å². The van der Waals surface area contributed by atoms with Crippen molar-refractivity contribution in [2.45, 2.75) is 20.3 Å². The minimum Gasteiger partial charge on any atom is -0.326 e. The van der Waals surface area contributed by atoms with E-state index in [2.05, 4.69) is 10.6 Å². The van der Waals surface area contributed by atoms with Gasteiger partial charge in [-0.1, -0.05) is 29.8 Å². The van der Waals surface area contributed by atoms with Crippen molar-refractivity contribution in [3.8, 4) is 0 Å². The SMILES string of the molecule is Cc1cccc(C)c1NC(=O)CC(=O)Nc1ccc(F)c(Cl)c1. The van der Waals surface area contributed by atoms with Crippen molar-refractivity contribution in [3.05, 3.63) is 58.4 Å². The summed E-state index contributed by atoms with van der Waals surface area (Å²) >= 11 is 5.64. The standard InChI is InChI=1S/C17H16ClFN2O2/c1-10-4-3-5-11(2)17(10)21-16(23)9-15(22)20-12-6-7-14(19)13(18)8-12/h3-8H,9H2,1-2H3,(H,20,22)(H,21,23). The Morgan fingerprint density at radius 2 is 1.65 bits per heavy atom. The Balaban J connectivity index is 1.97. The van der Waals surface area contributed by atoms with Gasteiger partial charge < -0.3 is 10.6 Å². The average molecular weight is 335 g/mol. The Labute approximate surface area is 138 Å². The first kappa shape index (κ1) is 17.0. The second-order valence-electron chi connectivity index (χ2n) is 5.17. The zero-order valence-electron chi connectivity index (χ0n) is 12.7. The van der Waals surface area contributed by atoms with E-state index in [0.717, 1.165) is 17.2 Å². The van der Waals surface area contributed by atoms with Crippen LogP contribution in [0, 0.1) is 19.7 Å². The summed E-state index contributed by atoms with van der Waals surface area (Å²) < 4.78 is 13.1. The average Bonchev–Trinajstić information content (AvgIpc) is 2.47. The Hall–Kier alpha value is -2.40. The van der Waals surface area contributed by atoms with Crippen LogP contribution in [0.15, 0.2) is 36.4 Å². The minimum absolute atomic E-state index is 0.0946. The van der Waals surface area contributed by atoms with Gasteiger partial charge in [0.25, 0.3) is 0 Å². The van der Waals surface area contributed by atoms with Gasteiger partial charge in [0, 0.05) is 11.4 Å². The summed E-state index contributed by atoms with van der Waals surface area (Å²) in [6.45, 7) is 3.76. The van der Waals surface area contributed by atoms with Crippen LogP contribution in [-0.2, 0) is 9.59 Å². The van der Waals surface area contributed by atoms with Gasteiger partial charge in [0.15, 0.2) is 0 Å². The molecule has 0 aliphatic heterocycles. The summed E-state index contributed by atoms with van der Waals surface area (Å²) in [5, 5.41) is 5.14. The second-order valence-corrected chi connectivity index (χ2v) is 5.58. The van der Waals surface area contributed by atoms with Crippen LogP contribution in [0.25, 0.3) is 0 Å². The van der Waals surface area contributed by atoms with Crippen LogP contribution >= 0.6 is 11.6 Å². The van der Waals surface area contributed by atoms with Gasteiger partial charge >= 0.3 is 0 Å². The molecule has 23 heavy (non-hydrogen) atoms. The fraction of sp³-hybridized carbons (Fsp3) is 0.176. The third kappa shape index (κ3) is 4.53. The Bertz CT molecular complexity index is 742. The van der Waals surface area contributed by atoms with Gasteiger partial charge in [0.05, 0.1) is 5.02 Å². The molecule has 2 N–H and O–H groups in total. The van der Waals surface area contributed by atoms with E-state index in [1.165, 1.54) is 12.1 Å². The van der Waals surface area contributed by atoms with Gasteiger partial charge in [-0.05, 0) is 43.2 Å². The second kappa shape index (κ2) is 7.24. The van der Waals surface area contributed by atoms with Crippen LogP contribution in [0.2, 0.25) is 5.02 Å². The summed E-state index contributed by atoms with van der Waals surface area (Å²) in [6.07, 6.45) is -0.344. The maximum absolute atomic E-state index is 13.1. The smallest absolute Gasteiger partial charge is 0.233 e. The molecule has 0 atom stereocenters. The number of hydrogen-bond donors (Lipinski definition) is 2. The van der Waals surface area contributed by atoms with Crippen molar-refractivity contribution >= 4 is 34.8 Å². The Kier molecular flexibility index (Phi) is 5.34. The summed E-state index contributed by atoms with van der Waals surface area (Å²) in [6, 6.07) is 9.47. The number of halogens is 2. The molecule has 0 fully saturated rings. The highest BCUT2D eigenvalue weighted by Gasteiger charge is 2.13. The van der Waals surface area contributed by atoms with E-state index in [-0.39, 0.29) is 11.4 Å². The van der Waals surface area contributed by atoms with Gasteiger partial charge in [-0.15, -0.1) is 0 Å². The lowest BCUT2D eigenvalue weighted by atomic mass is 10.1. The molecule has 2 aromatic carbocycles. The molecule has 2 rings (SSSR count). The molecule has 0 saturated heterocycles. The molecule has 0 spiro atoms. The highest BCUT2D eigenvalue weighted by molar-refractivity contribution is 6.31.